The van der Waals surface area contributed by atoms with Crippen molar-refractivity contribution in [1.29, 1.82) is 0 Å². The Morgan fingerprint density at radius 1 is 1.59 bits per heavy atom. The van der Waals surface area contributed by atoms with Crippen LogP contribution in [0.2, 0.25) is 0 Å². The first-order valence-electron chi connectivity index (χ1n) is 4.92. The van der Waals surface area contributed by atoms with E-state index in [4.69, 9.17) is 5.21 Å². The van der Waals surface area contributed by atoms with Gasteiger partial charge in [-0.3, -0.25) is 15.3 Å². The number of allylic oxidation sites excluding steroid dienone is 2. The molecular weight excluding hydrogens is 238 g/mol. The van der Waals surface area contributed by atoms with Crippen LogP contribution in [-0.2, 0) is 0 Å². The molecule has 1 aromatic rings. The average Bonchev–Trinajstić information content (AvgIpc) is 2.97. The van der Waals surface area contributed by atoms with Crippen LogP contribution >= 0.6 is 11.3 Å². The zero-order chi connectivity index (χ0) is 12.1. The molecule has 1 aromatic heterocycles. The number of hydrogen-bond donors (Lipinski definition) is 2. The smallest absolute Gasteiger partial charge is 0.119 e. The Hall–Kier alpha value is -1.92. The molecule has 0 atom stereocenters. The summed E-state index contributed by atoms with van der Waals surface area (Å²) in [7, 11) is 0. The number of nitrogens with zero attached hydrogens (tertiary/aromatic N) is 3. The van der Waals surface area contributed by atoms with Crippen molar-refractivity contribution in [3.63, 3.8) is 0 Å². The van der Waals surface area contributed by atoms with Crippen molar-refractivity contribution in [1.82, 2.24) is 5.06 Å². The highest BCUT2D eigenvalue weighted by Gasteiger charge is 2.09. The van der Waals surface area contributed by atoms with Gasteiger partial charge in [-0.1, -0.05) is 11.2 Å². The fourth-order valence-corrected chi connectivity index (χ4v) is 2.05. The minimum absolute atomic E-state index is 0.101. The van der Waals surface area contributed by atoms with Crippen molar-refractivity contribution in [2.24, 2.45) is 10.1 Å². The summed E-state index contributed by atoms with van der Waals surface area (Å²) in [4.78, 5) is 4.81. The average molecular weight is 249 g/mol. The number of oxime groups is 1. The van der Waals surface area contributed by atoms with Gasteiger partial charge < -0.3 is 5.21 Å². The Morgan fingerprint density at radius 3 is 3.06 bits per heavy atom. The van der Waals surface area contributed by atoms with Crippen molar-refractivity contribution in [3.8, 4) is 0 Å². The molecular formula is C11H11N3O2S. The van der Waals surface area contributed by atoms with Gasteiger partial charge in [-0.05, 0) is 23.6 Å². The maximum atomic E-state index is 9.67. The number of hydrogen-bond acceptors (Lipinski definition) is 6. The Morgan fingerprint density at radius 2 is 2.47 bits per heavy atom. The molecule has 0 aromatic carbocycles. The lowest BCUT2D eigenvalue weighted by molar-refractivity contribution is -0.0259. The van der Waals surface area contributed by atoms with E-state index in [1.165, 1.54) is 17.5 Å². The van der Waals surface area contributed by atoms with Gasteiger partial charge in [-0.2, -0.15) is 0 Å². The molecule has 0 unspecified atom stereocenters. The summed E-state index contributed by atoms with van der Waals surface area (Å²) in [6, 6.07) is 3.68. The Kier molecular flexibility index (Phi) is 3.69. The van der Waals surface area contributed by atoms with Crippen LogP contribution < -0.4 is 0 Å². The molecule has 0 spiro atoms. The van der Waals surface area contributed by atoms with Crippen LogP contribution in [0.15, 0.2) is 51.7 Å². The molecule has 1 aliphatic rings. The fraction of sp³-hybridized carbons (Fsp3) is 0.0909. The first-order valence-corrected chi connectivity index (χ1v) is 5.80. The second-order valence-electron chi connectivity index (χ2n) is 3.31. The summed E-state index contributed by atoms with van der Waals surface area (Å²) >= 11 is 1.45. The lowest BCUT2D eigenvalue weighted by Gasteiger charge is -2.12. The third-order valence-corrected chi connectivity index (χ3v) is 3.01. The standard InChI is InChI=1S/C11H11N3O2S/c15-13-10(11-4-2-6-17-11)8-14(16)7-9-3-1-5-12-9/h1-7,15-16H,8H2/b9-7-,13-10?. The highest BCUT2D eigenvalue weighted by Crippen LogP contribution is 2.12. The van der Waals surface area contributed by atoms with E-state index >= 15 is 0 Å². The van der Waals surface area contributed by atoms with Crippen molar-refractivity contribution >= 4 is 23.3 Å². The highest BCUT2D eigenvalue weighted by atomic mass is 32.1. The Bertz CT molecular complexity index is 475. The van der Waals surface area contributed by atoms with Gasteiger partial charge >= 0.3 is 0 Å². The molecule has 0 fully saturated rings. The molecule has 6 heteroatoms. The Balaban J connectivity index is 2.03. The maximum absolute atomic E-state index is 9.67. The van der Waals surface area contributed by atoms with Gasteiger partial charge in [0, 0.05) is 6.21 Å². The highest BCUT2D eigenvalue weighted by molar-refractivity contribution is 7.12. The van der Waals surface area contributed by atoms with Gasteiger partial charge in [0.05, 0.1) is 23.3 Å². The van der Waals surface area contributed by atoms with Gasteiger partial charge in [0.15, 0.2) is 0 Å². The summed E-state index contributed by atoms with van der Waals surface area (Å²) in [6.07, 6.45) is 6.66. The minimum atomic E-state index is 0.101. The number of thiophene rings is 1. The van der Waals surface area contributed by atoms with E-state index in [0.29, 0.717) is 11.4 Å². The molecule has 0 saturated heterocycles. The summed E-state index contributed by atoms with van der Waals surface area (Å²) in [5.41, 5.74) is 1.06. The molecule has 0 saturated carbocycles. The monoisotopic (exact) mass is 249 g/mol. The van der Waals surface area contributed by atoms with E-state index in [0.717, 1.165) is 9.94 Å². The predicted molar refractivity (Wildman–Crippen MR) is 66.9 cm³/mol. The summed E-state index contributed by atoms with van der Waals surface area (Å²) in [5.74, 6) is 0. The van der Waals surface area contributed by atoms with Gasteiger partial charge in [0.1, 0.15) is 5.71 Å². The molecule has 88 valence electrons. The zero-order valence-electron chi connectivity index (χ0n) is 8.89. The summed E-state index contributed by atoms with van der Waals surface area (Å²) in [6.45, 7) is 0.101. The maximum Gasteiger partial charge on any atom is 0.119 e. The van der Waals surface area contributed by atoms with Crippen molar-refractivity contribution in [2.45, 2.75) is 0 Å². The van der Waals surface area contributed by atoms with Crippen LogP contribution in [0.4, 0.5) is 0 Å². The predicted octanol–water partition coefficient (Wildman–Crippen LogP) is 2.10. The first kappa shape index (κ1) is 11.6. The normalized spacial score (nSPS) is 17.0. The van der Waals surface area contributed by atoms with Crippen LogP contribution in [0.5, 0.6) is 0 Å². The van der Waals surface area contributed by atoms with Gasteiger partial charge in [-0.15, -0.1) is 11.3 Å². The van der Waals surface area contributed by atoms with Crippen molar-refractivity contribution in [3.05, 3.63) is 46.4 Å². The van der Waals surface area contributed by atoms with E-state index < -0.39 is 0 Å². The lowest BCUT2D eigenvalue weighted by Crippen LogP contribution is -2.22. The molecule has 0 amide bonds. The fourth-order valence-electron chi connectivity index (χ4n) is 1.34. The van der Waals surface area contributed by atoms with E-state index in [9.17, 15) is 5.21 Å². The first-order chi connectivity index (χ1) is 8.29. The minimum Gasteiger partial charge on any atom is -0.411 e. The number of aliphatic imine (C=N–C) groups is 1. The second kappa shape index (κ2) is 5.42. The number of rotatable bonds is 4. The lowest BCUT2D eigenvalue weighted by atomic mass is 10.3. The molecule has 2 rings (SSSR count). The molecule has 17 heavy (non-hydrogen) atoms. The summed E-state index contributed by atoms with van der Waals surface area (Å²) < 4.78 is 0. The largest absolute Gasteiger partial charge is 0.411 e. The van der Waals surface area contributed by atoms with Gasteiger partial charge in [-0.25, -0.2) is 0 Å². The molecule has 1 aliphatic heterocycles. The van der Waals surface area contributed by atoms with E-state index in [-0.39, 0.29) is 6.54 Å². The molecule has 5 nitrogen and oxygen atoms in total. The van der Waals surface area contributed by atoms with E-state index in [1.54, 1.807) is 18.4 Å². The molecule has 0 aliphatic carbocycles. The van der Waals surface area contributed by atoms with Crippen LogP contribution in [0.3, 0.4) is 0 Å². The summed E-state index contributed by atoms with van der Waals surface area (Å²) in [5, 5.41) is 24.6. The van der Waals surface area contributed by atoms with Crippen molar-refractivity contribution < 1.29 is 10.4 Å². The number of hydroxylamine groups is 2. The van der Waals surface area contributed by atoms with Crippen molar-refractivity contribution in [2.75, 3.05) is 6.54 Å². The van der Waals surface area contributed by atoms with E-state index in [2.05, 4.69) is 10.1 Å². The van der Waals surface area contributed by atoms with E-state index in [1.807, 2.05) is 17.5 Å². The molecule has 0 radical (unpaired) electrons. The Labute approximate surface area is 102 Å². The topological polar surface area (TPSA) is 68.4 Å². The quantitative estimate of drug-likeness (QED) is 0.488. The molecule has 2 N–H and O–H groups in total. The second-order valence-corrected chi connectivity index (χ2v) is 4.26. The zero-order valence-corrected chi connectivity index (χ0v) is 9.71. The van der Waals surface area contributed by atoms with Gasteiger partial charge in [0.25, 0.3) is 0 Å². The van der Waals surface area contributed by atoms with Crippen LogP contribution in [0, 0.1) is 0 Å². The van der Waals surface area contributed by atoms with Crippen LogP contribution in [0.1, 0.15) is 4.88 Å². The molecule has 0 bridgehead atoms. The third-order valence-electron chi connectivity index (χ3n) is 2.10. The van der Waals surface area contributed by atoms with Crippen LogP contribution in [0.25, 0.3) is 0 Å². The third kappa shape index (κ3) is 3.02. The van der Waals surface area contributed by atoms with Crippen LogP contribution in [-0.4, -0.2) is 33.9 Å². The van der Waals surface area contributed by atoms with Gasteiger partial charge in [0.2, 0.25) is 0 Å². The SMILES string of the molecule is ON=C(CN(O)/C=C1/C=CC=N1)c1cccs1. The molecule has 2 heterocycles.